The van der Waals surface area contributed by atoms with E-state index in [-0.39, 0.29) is 35.5 Å². The predicted molar refractivity (Wildman–Crippen MR) is 122 cm³/mol. The van der Waals surface area contributed by atoms with Crippen LogP contribution in [0.15, 0.2) is 17.1 Å². The maximum atomic E-state index is 12.8. The van der Waals surface area contributed by atoms with Crippen molar-refractivity contribution in [1.82, 2.24) is 20.4 Å². The van der Waals surface area contributed by atoms with Crippen LogP contribution >= 0.6 is 0 Å². The summed E-state index contributed by atoms with van der Waals surface area (Å²) in [5, 5.41) is 6.66. The molecule has 1 saturated heterocycles. The highest BCUT2D eigenvalue weighted by atomic mass is 16.2. The lowest BCUT2D eigenvalue weighted by atomic mass is 9.83. The number of guanidine groups is 1. The topological polar surface area (TPSA) is 77.0 Å². The smallest absolute Gasteiger partial charge is 0.233 e. The number of hydrogen-bond acceptors (Lipinski definition) is 4. The molecule has 2 saturated carbocycles. The molecule has 1 aliphatic heterocycles. The quantitative estimate of drug-likeness (QED) is 0.267. The number of allylic oxidation sites excluding steroid dienone is 2. The Bertz CT molecular complexity index is 697. The molecule has 2 amide bonds. The molecule has 31 heavy (non-hydrogen) atoms. The van der Waals surface area contributed by atoms with Crippen molar-refractivity contribution in [2.75, 3.05) is 40.3 Å². The molecule has 2 N–H and O–H groups in total. The lowest BCUT2D eigenvalue weighted by Gasteiger charge is -2.34. The van der Waals surface area contributed by atoms with Crippen molar-refractivity contribution in [3.63, 3.8) is 0 Å². The number of nitrogens with zero attached hydrogens (tertiary/aromatic N) is 3. The van der Waals surface area contributed by atoms with Crippen LogP contribution in [-0.2, 0) is 9.59 Å². The van der Waals surface area contributed by atoms with Crippen molar-refractivity contribution in [3.05, 3.63) is 12.2 Å². The Morgan fingerprint density at radius 2 is 1.74 bits per heavy atom. The third-order valence-corrected chi connectivity index (χ3v) is 7.83. The van der Waals surface area contributed by atoms with Crippen molar-refractivity contribution in [2.45, 2.75) is 51.5 Å². The minimum absolute atomic E-state index is 0.0283. The van der Waals surface area contributed by atoms with E-state index in [0.29, 0.717) is 25.0 Å². The number of nitrogens with one attached hydrogen (secondary N) is 2. The van der Waals surface area contributed by atoms with Crippen molar-refractivity contribution in [1.29, 1.82) is 0 Å². The lowest BCUT2D eigenvalue weighted by Crippen LogP contribution is -2.45. The summed E-state index contributed by atoms with van der Waals surface area (Å²) in [4.78, 5) is 34.3. The van der Waals surface area contributed by atoms with E-state index >= 15 is 0 Å². The summed E-state index contributed by atoms with van der Waals surface area (Å²) in [5.74, 6) is 1.85. The van der Waals surface area contributed by atoms with Gasteiger partial charge in [-0.1, -0.05) is 31.4 Å². The first-order chi connectivity index (χ1) is 15.0. The zero-order valence-electron chi connectivity index (χ0n) is 19.3. The monoisotopic (exact) mass is 429 g/mol. The highest BCUT2D eigenvalue weighted by Gasteiger charge is 2.58. The molecular formula is C24H39N5O2. The van der Waals surface area contributed by atoms with Crippen LogP contribution in [0.1, 0.15) is 45.4 Å². The van der Waals surface area contributed by atoms with Gasteiger partial charge in [0, 0.05) is 25.7 Å². The number of likely N-dealkylation sites (N-methyl/N-ethyl adjacent to an activating group) is 1. The summed E-state index contributed by atoms with van der Waals surface area (Å²) in [7, 11) is 4.30. The van der Waals surface area contributed by atoms with Gasteiger partial charge in [-0.15, -0.1) is 0 Å². The van der Waals surface area contributed by atoms with Gasteiger partial charge in [0.1, 0.15) is 0 Å². The first-order valence-corrected chi connectivity index (χ1v) is 12.2. The number of fused-ring (bicyclic) bond motifs is 5. The molecule has 0 aromatic carbocycles. The number of likely N-dealkylation sites (tertiary alicyclic amines) is 1. The van der Waals surface area contributed by atoms with E-state index in [0.717, 1.165) is 25.5 Å². The molecule has 0 aromatic rings. The molecule has 4 rings (SSSR count). The number of rotatable bonds is 8. The van der Waals surface area contributed by atoms with E-state index in [4.69, 9.17) is 4.99 Å². The Kier molecular flexibility index (Phi) is 6.99. The van der Waals surface area contributed by atoms with Gasteiger partial charge in [-0.3, -0.25) is 19.5 Å². The average Bonchev–Trinajstić information content (AvgIpc) is 3.44. The fraction of sp³-hybridized carbons (Fsp3) is 0.792. The summed E-state index contributed by atoms with van der Waals surface area (Å²) in [5.41, 5.74) is 0. The number of amides is 2. The summed E-state index contributed by atoms with van der Waals surface area (Å²) < 4.78 is 0. The summed E-state index contributed by atoms with van der Waals surface area (Å²) in [6, 6.07) is 0.444. The van der Waals surface area contributed by atoms with E-state index in [1.807, 2.05) is 0 Å². The van der Waals surface area contributed by atoms with E-state index in [9.17, 15) is 9.59 Å². The van der Waals surface area contributed by atoms with Gasteiger partial charge in [-0.25, -0.2) is 0 Å². The third-order valence-electron chi connectivity index (χ3n) is 7.83. The third kappa shape index (κ3) is 4.52. The minimum Gasteiger partial charge on any atom is -0.357 e. The summed E-state index contributed by atoms with van der Waals surface area (Å²) in [6.07, 6.45) is 11.9. The molecular weight excluding hydrogens is 390 g/mol. The van der Waals surface area contributed by atoms with Gasteiger partial charge in [0.05, 0.1) is 18.4 Å². The molecule has 4 aliphatic rings. The molecule has 3 aliphatic carbocycles. The zero-order valence-corrected chi connectivity index (χ0v) is 19.3. The van der Waals surface area contributed by atoms with Crippen LogP contribution in [0.3, 0.4) is 0 Å². The minimum atomic E-state index is -0.110. The highest BCUT2D eigenvalue weighted by Crippen LogP contribution is 2.52. The average molecular weight is 430 g/mol. The van der Waals surface area contributed by atoms with Crippen molar-refractivity contribution >= 4 is 17.8 Å². The maximum absolute atomic E-state index is 12.8. The maximum Gasteiger partial charge on any atom is 0.233 e. The van der Waals surface area contributed by atoms with Gasteiger partial charge in [0.2, 0.25) is 11.8 Å². The largest absolute Gasteiger partial charge is 0.357 e. The fourth-order valence-corrected chi connectivity index (χ4v) is 6.25. The van der Waals surface area contributed by atoms with Crippen LogP contribution in [0.25, 0.3) is 0 Å². The molecule has 7 nitrogen and oxygen atoms in total. The molecule has 172 valence electrons. The van der Waals surface area contributed by atoms with Gasteiger partial charge >= 0.3 is 0 Å². The molecule has 0 aromatic heterocycles. The molecule has 7 heteroatoms. The van der Waals surface area contributed by atoms with Crippen LogP contribution < -0.4 is 10.6 Å². The zero-order chi connectivity index (χ0) is 22.0. The van der Waals surface area contributed by atoms with Gasteiger partial charge < -0.3 is 15.5 Å². The van der Waals surface area contributed by atoms with E-state index in [1.165, 1.54) is 37.0 Å². The van der Waals surface area contributed by atoms with Crippen LogP contribution in [-0.4, -0.2) is 73.9 Å². The van der Waals surface area contributed by atoms with Crippen LogP contribution in [0.2, 0.25) is 0 Å². The molecule has 1 heterocycles. The van der Waals surface area contributed by atoms with Gasteiger partial charge in [0.25, 0.3) is 0 Å². The van der Waals surface area contributed by atoms with Crippen molar-refractivity contribution in [3.8, 4) is 0 Å². The van der Waals surface area contributed by atoms with Crippen LogP contribution in [0.5, 0.6) is 0 Å². The Hall–Kier alpha value is -1.89. The first kappa shape index (κ1) is 22.3. The molecule has 5 atom stereocenters. The number of aliphatic imine (C=N–C) groups is 1. The number of carbonyl (C=O) groups excluding carboxylic acids is 2. The number of imide groups is 1. The number of hydrogen-bond donors (Lipinski definition) is 2. The molecule has 0 spiro atoms. The SMILES string of the molecule is CCNC(=NCC(C1CCCCC1)N(C)C)NCCN1C(=O)C2C3C=CC(C3)C2C1=O. The second kappa shape index (κ2) is 9.72. The fourth-order valence-electron chi connectivity index (χ4n) is 6.25. The Labute approximate surface area is 186 Å². The van der Waals surface area contributed by atoms with Gasteiger partial charge in [-0.2, -0.15) is 0 Å². The van der Waals surface area contributed by atoms with E-state index < -0.39 is 0 Å². The molecule has 3 fully saturated rings. The first-order valence-electron chi connectivity index (χ1n) is 12.2. The summed E-state index contributed by atoms with van der Waals surface area (Å²) >= 11 is 0. The second-order valence-electron chi connectivity index (χ2n) is 9.90. The Morgan fingerprint density at radius 3 is 2.32 bits per heavy atom. The predicted octanol–water partition coefficient (Wildman–Crippen LogP) is 1.86. The molecule has 0 radical (unpaired) electrons. The Balaban J connectivity index is 1.31. The highest BCUT2D eigenvalue weighted by molar-refractivity contribution is 6.06. The van der Waals surface area contributed by atoms with Crippen LogP contribution in [0.4, 0.5) is 0 Å². The Morgan fingerprint density at radius 1 is 1.10 bits per heavy atom. The molecule has 2 bridgehead atoms. The van der Waals surface area contributed by atoms with Crippen molar-refractivity contribution < 1.29 is 9.59 Å². The normalized spacial score (nSPS) is 31.6. The lowest BCUT2D eigenvalue weighted by molar-refractivity contribution is -0.140. The summed E-state index contributed by atoms with van der Waals surface area (Å²) in [6.45, 7) is 4.53. The van der Waals surface area contributed by atoms with Crippen LogP contribution in [0, 0.1) is 29.6 Å². The standard InChI is InChI=1S/C24H39N5O2/c1-4-25-24(27-15-19(28(2)3)16-8-6-5-7-9-16)26-12-13-29-22(30)20-17-10-11-18(14-17)21(20)23(29)31/h10-11,16-21H,4-9,12-15H2,1-3H3,(H2,25,26,27). The number of carbonyl (C=O) groups is 2. The van der Waals surface area contributed by atoms with E-state index in [2.05, 4.69) is 48.7 Å². The molecule has 5 unspecified atom stereocenters. The van der Waals surface area contributed by atoms with Gasteiger partial charge in [0.15, 0.2) is 5.96 Å². The van der Waals surface area contributed by atoms with Gasteiger partial charge in [-0.05, 0) is 58.0 Å². The second-order valence-corrected chi connectivity index (χ2v) is 9.90. The van der Waals surface area contributed by atoms with Crippen molar-refractivity contribution in [2.24, 2.45) is 34.6 Å². The van der Waals surface area contributed by atoms with E-state index in [1.54, 1.807) is 0 Å².